The third-order valence-electron chi connectivity index (χ3n) is 3.53. The van der Waals surface area contributed by atoms with Gasteiger partial charge in [0.25, 0.3) is 0 Å². The van der Waals surface area contributed by atoms with Crippen molar-refractivity contribution in [1.29, 1.82) is 0 Å². The second-order valence-electron chi connectivity index (χ2n) is 4.98. The topological polar surface area (TPSA) is 0 Å². The quantitative estimate of drug-likeness (QED) is 0.566. The number of hydrogen-bond acceptors (Lipinski definition) is 0. The third kappa shape index (κ3) is 1.98. The zero-order chi connectivity index (χ0) is 8.48. The lowest BCUT2D eigenvalue weighted by atomic mass is 9.83. The van der Waals surface area contributed by atoms with E-state index in [0.29, 0.717) is 5.41 Å². The van der Waals surface area contributed by atoms with Gasteiger partial charge >= 0.3 is 0 Å². The van der Waals surface area contributed by atoms with Crippen LogP contribution in [0, 0.1) is 17.3 Å². The van der Waals surface area contributed by atoms with Crippen LogP contribution in [0.2, 0.25) is 0 Å². The minimum atomic E-state index is 0.625. The monoisotopic (exact) mass is 154 g/mol. The van der Waals surface area contributed by atoms with Gasteiger partial charge in [0.2, 0.25) is 0 Å². The molecule has 0 radical (unpaired) electrons. The molecule has 0 aromatic carbocycles. The molecule has 0 bridgehead atoms. The Hall–Kier alpha value is 0. The Balaban J connectivity index is 2.43. The van der Waals surface area contributed by atoms with Gasteiger partial charge in [0, 0.05) is 0 Å². The van der Waals surface area contributed by atoms with Gasteiger partial charge in [-0.2, -0.15) is 0 Å². The van der Waals surface area contributed by atoms with E-state index in [9.17, 15) is 0 Å². The van der Waals surface area contributed by atoms with Crippen LogP contribution in [-0.2, 0) is 0 Å². The lowest BCUT2D eigenvalue weighted by Crippen LogP contribution is -2.13. The fraction of sp³-hybridized carbons (Fsp3) is 1.00. The van der Waals surface area contributed by atoms with Crippen LogP contribution >= 0.6 is 0 Å². The molecule has 2 atom stereocenters. The van der Waals surface area contributed by atoms with Crippen LogP contribution in [0.15, 0.2) is 0 Å². The molecule has 1 aliphatic rings. The van der Waals surface area contributed by atoms with Crippen molar-refractivity contribution in [2.75, 3.05) is 0 Å². The Bertz CT molecular complexity index is 124. The molecule has 0 spiro atoms. The summed E-state index contributed by atoms with van der Waals surface area (Å²) in [7, 11) is 0. The van der Waals surface area contributed by atoms with E-state index < -0.39 is 0 Å². The average Bonchev–Trinajstić information content (AvgIpc) is 2.08. The summed E-state index contributed by atoms with van der Waals surface area (Å²) in [5.74, 6) is 1.98. The van der Waals surface area contributed by atoms with Crippen LogP contribution in [0.5, 0.6) is 0 Å². The first-order chi connectivity index (χ1) is 5.06. The van der Waals surface area contributed by atoms with Crippen molar-refractivity contribution >= 4 is 0 Å². The van der Waals surface area contributed by atoms with Crippen molar-refractivity contribution in [1.82, 2.24) is 0 Å². The van der Waals surface area contributed by atoms with Crippen LogP contribution < -0.4 is 0 Å². The Morgan fingerprint density at radius 3 is 2.36 bits per heavy atom. The summed E-state index contributed by atoms with van der Waals surface area (Å²) in [6.45, 7) is 9.56. The van der Waals surface area contributed by atoms with E-state index in [0.717, 1.165) is 11.8 Å². The smallest absolute Gasteiger partial charge is 0.0326 e. The van der Waals surface area contributed by atoms with Gasteiger partial charge in [-0.3, -0.25) is 0 Å². The first-order valence-electron chi connectivity index (χ1n) is 5.06. The highest BCUT2D eigenvalue weighted by atomic mass is 14.4. The first kappa shape index (κ1) is 9.09. The standard InChI is InChI=1S/C11H22/c1-5-6-10-7-9(2)11(3,4)8-10/h9-10H,5-8H2,1-4H3/t9-,10-/m1/s1. The van der Waals surface area contributed by atoms with Crippen molar-refractivity contribution in [3.05, 3.63) is 0 Å². The molecule has 0 saturated heterocycles. The maximum Gasteiger partial charge on any atom is -0.0326 e. The molecule has 1 fully saturated rings. The van der Waals surface area contributed by atoms with Crippen molar-refractivity contribution in [3.63, 3.8) is 0 Å². The molecular formula is C11H22. The highest BCUT2D eigenvalue weighted by Crippen LogP contribution is 2.47. The molecule has 0 unspecified atom stereocenters. The second kappa shape index (κ2) is 3.16. The zero-order valence-electron chi connectivity index (χ0n) is 8.48. The summed E-state index contributed by atoms with van der Waals surface area (Å²) in [4.78, 5) is 0. The van der Waals surface area contributed by atoms with Crippen LogP contribution in [0.3, 0.4) is 0 Å². The SMILES string of the molecule is CCC[C@@H]1C[C@@H](C)C(C)(C)C1. The summed E-state index contributed by atoms with van der Waals surface area (Å²) < 4.78 is 0. The van der Waals surface area contributed by atoms with Crippen molar-refractivity contribution in [2.45, 2.75) is 53.4 Å². The number of hydrogen-bond donors (Lipinski definition) is 0. The molecule has 1 saturated carbocycles. The van der Waals surface area contributed by atoms with E-state index in [1.54, 1.807) is 0 Å². The minimum absolute atomic E-state index is 0.625. The molecule has 0 amide bonds. The molecule has 0 heterocycles. The van der Waals surface area contributed by atoms with Gasteiger partial charge in [-0.15, -0.1) is 0 Å². The Labute approximate surface area is 71.4 Å². The van der Waals surface area contributed by atoms with Crippen molar-refractivity contribution < 1.29 is 0 Å². The third-order valence-corrected chi connectivity index (χ3v) is 3.53. The summed E-state index contributed by atoms with van der Waals surface area (Å²) in [5, 5.41) is 0. The van der Waals surface area contributed by atoms with Crippen molar-refractivity contribution in [2.24, 2.45) is 17.3 Å². The Morgan fingerprint density at radius 2 is 2.00 bits per heavy atom. The summed E-state index contributed by atoms with van der Waals surface area (Å²) in [6.07, 6.45) is 5.75. The van der Waals surface area contributed by atoms with Crippen LogP contribution in [0.1, 0.15) is 53.4 Å². The predicted octanol–water partition coefficient (Wildman–Crippen LogP) is 3.86. The summed E-state index contributed by atoms with van der Waals surface area (Å²) in [6, 6.07) is 0. The predicted molar refractivity (Wildman–Crippen MR) is 50.6 cm³/mol. The van der Waals surface area contributed by atoms with Gasteiger partial charge in [0.1, 0.15) is 0 Å². The largest absolute Gasteiger partial charge is 0.0654 e. The highest BCUT2D eigenvalue weighted by molar-refractivity contribution is 4.87. The van der Waals surface area contributed by atoms with E-state index in [4.69, 9.17) is 0 Å². The Kier molecular flexibility index (Phi) is 2.61. The summed E-state index contributed by atoms with van der Waals surface area (Å²) >= 11 is 0. The molecule has 0 N–H and O–H groups in total. The van der Waals surface area contributed by atoms with Gasteiger partial charge in [-0.1, -0.05) is 40.5 Å². The number of rotatable bonds is 2. The maximum atomic E-state index is 2.42. The lowest BCUT2D eigenvalue weighted by molar-refractivity contribution is 0.277. The molecule has 66 valence electrons. The normalized spacial score (nSPS) is 36.0. The molecule has 1 aliphatic carbocycles. The molecular weight excluding hydrogens is 132 g/mol. The van der Waals surface area contributed by atoms with Crippen LogP contribution in [0.25, 0.3) is 0 Å². The average molecular weight is 154 g/mol. The van der Waals surface area contributed by atoms with Crippen LogP contribution in [-0.4, -0.2) is 0 Å². The fourth-order valence-corrected chi connectivity index (χ4v) is 2.48. The molecule has 0 aromatic heterocycles. The van der Waals surface area contributed by atoms with E-state index in [1.165, 1.54) is 25.7 Å². The van der Waals surface area contributed by atoms with E-state index in [-0.39, 0.29) is 0 Å². The Morgan fingerprint density at radius 1 is 1.36 bits per heavy atom. The van der Waals surface area contributed by atoms with E-state index in [1.807, 2.05) is 0 Å². The molecule has 11 heavy (non-hydrogen) atoms. The van der Waals surface area contributed by atoms with Crippen molar-refractivity contribution in [3.8, 4) is 0 Å². The fourth-order valence-electron chi connectivity index (χ4n) is 2.48. The summed E-state index contributed by atoms with van der Waals surface area (Å²) in [5.41, 5.74) is 0.625. The first-order valence-corrected chi connectivity index (χ1v) is 5.06. The van der Waals surface area contributed by atoms with E-state index >= 15 is 0 Å². The van der Waals surface area contributed by atoms with Gasteiger partial charge in [0.15, 0.2) is 0 Å². The second-order valence-corrected chi connectivity index (χ2v) is 4.98. The molecule has 0 heteroatoms. The van der Waals surface area contributed by atoms with Gasteiger partial charge in [-0.25, -0.2) is 0 Å². The van der Waals surface area contributed by atoms with Gasteiger partial charge in [0.05, 0.1) is 0 Å². The molecule has 0 aromatic rings. The molecule has 1 rings (SSSR count). The van der Waals surface area contributed by atoms with Gasteiger partial charge in [-0.05, 0) is 30.1 Å². The highest BCUT2D eigenvalue weighted by Gasteiger charge is 2.36. The maximum absolute atomic E-state index is 2.42. The molecule has 0 aliphatic heterocycles. The zero-order valence-corrected chi connectivity index (χ0v) is 8.48. The van der Waals surface area contributed by atoms with Gasteiger partial charge < -0.3 is 0 Å². The minimum Gasteiger partial charge on any atom is -0.0654 e. The molecule has 0 nitrogen and oxygen atoms in total. The van der Waals surface area contributed by atoms with E-state index in [2.05, 4.69) is 27.7 Å². The lowest BCUT2D eigenvalue weighted by Gasteiger charge is -2.22. The van der Waals surface area contributed by atoms with Crippen LogP contribution in [0.4, 0.5) is 0 Å².